The highest BCUT2D eigenvalue weighted by Gasteiger charge is 2.34. The number of rotatable bonds is 4. The van der Waals surface area contributed by atoms with E-state index in [2.05, 4.69) is 20.7 Å². The first-order chi connectivity index (χ1) is 12.6. The fraction of sp³-hybridized carbons (Fsp3) is 0.316. The van der Waals surface area contributed by atoms with E-state index in [1.165, 1.54) is 0 Å². The highest BCUT2D eigenvalue weighted by atomic mass is 35.5. The number of nitrogens with one attached hydrogen (secondary N) is 2. The van der Waals surface area contributed by atoms with Crippen molar-refractivity contribution in [1.82, 2.24) is 20.1 Å². The summed E-state index contributed by atoms with van der Waals surface area (Å²) >= 11 is 0. The maximum Gasteiger partial charge on any atom is 0.229 e. The van der Waals surface area contributed by atoms with Gasteiger partial charge in [0.1, 0.15) is 5.76 Å². The van der Waals surface area contributed by atoms with Crippen LogP contribution in [0.2, 0.25) is 0 Å². The van der Waals surface area contributed by atoms with Crippen LogP contribution in [0.25, 0.3) is 11.5 Å². The van der Waals surface area contributed by atoms with E-state index in [0.717, 1.165) is 29.1 Å². The number of amides is 1. The molecular weight excluding hydrogens is 366 g/mol. The molecular formula is C19H22ClN5O2. The molecule has 3 heterocycles. The predicted octanol–water partition coefficient (Wildman–Crippen LogP) is 2.75. The van der Waals surface area contributed by atoms with Crippen LogP contribution in [0.3, 0.4) is 0 Å². The van der Waals surface area contributed by atoms with Gasteiger partial charge in [-0.05, 0) is 30.7 Å². The zero-order chi connectivity index (χ0) is 18.1. The molecule has 1 aromatic carbocycles. The number of oxazole rings is 1. The van der Waals surface area contributed by atoms with Gasteiger partial charge in [0.25, 0.3) is 0 Å². The van der Waals surface area contributed by atoms with Crippen LogP contribution in [-0.2, 0) is 11.8 Å². The van der Waals surface area contributed by atoms with Crippen molar-refractivity contribution < 1.29 is 9.21 Å². The molecule has 1 saturated heterocycles. The van der Waals surface area contributed by atoms with E-state index in [-0.39, 0.29) is 30.2 Å². The summed E-state index contributed by atoms with van der Waals surface area (Å²) in [6.07, 6.45) is 5.50. The fourth-order valence-electron chi connectivity index (χ4n) is 3.39. The number of nitrogens with zero attached hydrogens (tertiary/aromatic N) is 3. The SMILES string of the molecule is Cc1cnc(-c2cccc(NC(=O)[C@H]3CNC[C@@H]3c3cnn(C)c3)c2)o1.Cl. The number of benzene rings is 1. The molecule has 0 radical (unpaired) electrons. The van der Waals surface area contributed by atoms with Crippen molar-refractivity contribution in [2.24, 2.45) is 13.0 Å². The van der Waals surface area contributed by atoms with E-state index >= 15 is 0 Å². The number of hydrogen-bond donors (Lipinski definition) is 2. The van der Waals surface area contributed by atoms with Gasteiger partial charge in [-0.1, -0.05) is 6.07 Å². The zero-order valence-electron chi connectivity index (χ0n) is 15.2. The predicted molar refractivity (Wildman–Crippen MR) is 105 cm³/mol. The third-order valence-corrected chi connectivity index (χ3v) is 4.70. The summed E-state index contributed by atoms with van der Waals surface area (Å²) in [5, 5.41) is 10.6. The Hall–Kier alpha value is -2.64. The van der Waals surface area contributed by atoms with Crippen LogP contribution in [-0.4, -0.2) is 33.8 Å². The van der Waals surface area contributed by atoms with Crippen LogP contribution < -0.4 is 10.6 Å². The third-order valence-electron chi connectivity index (χ3n) is 4.70. The van der Waals surface area contributed by atoms with E-state index in [1.54, 1.807) is 10.9 Å². The molecule has 2 N–H and O–H groups in total. The molecule has 0 aliphatic carbocycles. The van der Waals surface area contributed by atoms with Gasteiger partial charge in [0.15, 0.2) is 0 Å². The van der Waals surface area contributed by atoms with Crippen molar-refractivity contribution in [3.63, 3.8) is 0 Å². The highest BCUT2D eigenvalue weighted by molar-refractivity contribution is 5.94. The summed E-state index contributed by atoms with van der Waals surface area (Å²) < 4.78 is 7.33. The molecule has 2 atom stereocenters. The molecule has 2 aromatic heterocycles. The number of halogens is 1. The molecule has 0 spiro atoms. The maximum atomic E-state index is 12.8. The van der Waals surface area contributed by atoms with E-state index in [4.69, 9.17) is 4.42 Å². The lowest BCUT2D eigenvalue weighted by Crippen LogP contribution is -2.28. The summed E-state index contributed by atoms with van der Waals surface area (Å²) in [6.45, 7) is 3.29. The summed E-state index contributed by atoms with van der Waals surface area (Å²) in [6, 6.07) is 7.55. The lowest BCUT2D eigenvalue weighted by atomic mass is 9.90. The molecule has 27 heavy (non-hydrogen) atoms. The Morgan fingerprint density at radius 3 is 2.89 bits per heavy atom. The maximum absolute atomic E-state index is 12.8. The average Bonchev–Trinajstić information content (AvgIpc) is 3.35. The number of carbonyl (C=O) groups excluding carboxylic acids is 1. The van der Waals surface area contributed by atoms with Gasteiger partial charge in [-0.3, -0.25) is 9.48 Å². The number of aryl methyl sites for hydroxylation is 2. The Kier molecular flexibility index (Phi) is 5.62. The van der Waals surface area contributed by atoms with Gasteiger partial charge in [0, 0.05) is 43.5 Å². The number of carbonyl (C=O) groups is 1. The molecule has 142 valence electrons. The van der Waals surface area contributed by atoms with Gasteiger partial charge in [0.05, 0.1) is 18.3 Å². The number of hydrogen-bond acceptors (Lipinski definition) is 5. The van der Waals surface area contributed by atoms with Crippen LogP contribution in [0.5, 0.6) is 0 Å². The second kappa shape index (κ2) is 7.94. The molecule has 1 amide bonds. The van der Waals surface area contributed by atoms with Gasteiger partial charge >= 0.3 is 0 Å². The third kappa shape index (κ3) is 4.04. The molecule has 1 aliphatic rings. The van der Waals surface area contributed by atoms with Crippen LogP contribution in [0.1, 0.15) is 17.2 Å². The molecule has 0 unspecified atom stereocenters. The first-order valence-electron chi connectivity index (χ1n) is 8.63. The molecule has 7 nitrogen and oxygen atoms in total. The second-order valence-electron chi connectivity index (χ2n) is 6.66. The molecule has 3 aromatic rings. The molecule has 1 fully saturated rings. The Morgan fingerprint density at radius 1 is 1.33 bits per heavy atom. The van der Waals surface area contributed by atoms with E-state index in [9.17, 15) is 4.79 Å². The number of anilines is 1. The fourth-order valence-corrected chi connectivity index (χ4v) is 3.39. The van der Waals surface area contributed by atoms with Crippen molar-refractivity contribution in [1.29, 1.82) is 0 Å². The minimum atomic E-state index is -0.133. The van der Waals surface area contributed by atoms with Crippen molar-refractivity contribution >= 4 is 24.0 Å². The Labute approximate surface area is 163 Å². The van der Waals surface area contributed by atoms with Crippen LogP contribution in [0, 0.1) is 12.8 Å². The van der Waals surface area contributed by atoms with Gasteiger partial charge in [-0.2, -0.15) is 5.10 Å². The summed E-state index contributed by atoms with van der Waals surface area (Å²) in [5.74, 6) is 1.30. The summed E-state index contributed by atoms with van der Waals surface area (Å²) in [5.41, 5.74) is 2.66. The van der Waals surface area contributed by atoms with Crippen LogP contribution in [0.4, 0.5) is 5.69 Å². The van der Waals surface area contributed by atoms with E-state index < -0.39 is 0 Å². The second-order valence-corrected chi connectivity index (χ2v) is 6.66. The van der Waals surface area contributed by atoms with Crippen molar-refractivity contribution in [3.05, 3.63) is 54.2 Å². The van der Waals surface area contributed by atoms with Gasteiger partial charge < -0.3 is 15.1 Å². The van der Waals surface area contributed by atoms with Gasteiger partial charge in [-0.25, -0.2) is 4.98 Å². The molecule has 4 rings (SSSR count). The van der Waals surface area contributed by atoms with E-state index in [0.29, 0.717) is 12.4 Å². The first-order valence-corrected chi connectivity index (χ1v) is 8.63. The topological polar surface area (TPSA) is 85.0 Å². The summed E-state index contributed by atoms with van der Waals surface area (Å²) in [7, 11) is 1.89. The molecule has 1 aliphatic heterocycles. The van der Waals surface area contributed by atoms with Crippen molar-refractivity contribution in [3.8, 4) is 11.5 Å². The first kappa shape index (κ1) is 19.1. The minimum absolute atomic E-state index is 0. The molecule has 0 bridgehead atoms. The Morgan fingerprint density at radius 2 is 2.19 bits per heavy atom. The van der Waals surface area contributed by atoms with Crippen LogP contribution in [0.15, 0.2) is 47.3 Å². The monoisotopic (exact) mass is 387 g/mol. The van der Waals surface area contributed by atoms with Gasteiger partial charge in [-0.15, -0.1) is 12.4 Å². The lowest BCUT2D eigenvalue weighted by molar-refractivity contribution is -0.119. The lowest BCUT2D eigenvalue weighted by Gasteiger charge is -2.17. The summed E-state index contributed by atoms with van der Waals surface area (Å²) in [4.78, 5) is 17.1. The van der Waals surface area contributed by atoms with Crippen molar-refractivity contribution in [2.75, 3.05) is 18.4 Å². The van der Waals surface area contributed by atoms with Crippen LogP contribution >= 0.6 is 12.4 Å². The quantitative estimate of drug-likeness (QED) is 0.719. The Bertz CT molecular complexity index is 936. The molecule has 8 heteroatoms. The average molecular weight is 388 g/mol. The standard InChI is InChI=1S/C19H21N5O2.ClH/c1-12-7-21-19(26-12)13-4-3-5-15(6-13)23-18(25)17-10-20-9-16(17)14-8-22-24(2)11-14;/h3-8,11,16-17,20H,9-10H2,1-2H3,(H,23,25);1H/t16-,17+;/m1./s1. The molecule has 0 saturated carbocycles. The zero-order valence-corrected chi connectivity index (χ0v) is 16.0. The van der Waals surface area contributed by atoms with Crippen molar-refractivity contribution in [2.45, 2.75) is 12.8 Å². The van der Waals surface area contributed by atoms with Gasteiger partial charge in [0.2, 0.25) is 11.8 Å². The van der Waals surface area contributed by atoms with E-state index in [1.807, 2.05) is 50.6 Å². The number of aromatic nitrogens is 3. The highest BCUT2D eigenvalue weighted by Crippen LogP contribution is 2.29. The largest absolute Gasteiger partial charge is 0.441 e. The minimum Gasteiger partial charge on any atom is -0.441 e. The smallest absolute Gasteiger partial charge is 0.229 e. The Balaban J connectivity index is 0.00000210. The normalized spacial score (nSPS) is 18.9.